The van der Waals surface area contributed by atoms with Gasteiger partial charge in [-0.05, 0) is 12.8 Å². The van der Waals surface area contributed by atoms with Crippen molar-refractivity contribution in [1.29, 1.82) is 0 Å². The molecule has 4 nitrogen and oxygen atoms in total. The van der Waals surface area contributed by atoms with E-state index in [1.807, 2.05) is 0 Å². The van der Waals surface area contributed by atoms with Crippen LogP contribution in [0.25, 0.3) is 0 Å². The summed E-state index contributed by atoms with van der Waals surface area (Å²) in [6.45, 7) is 1.41. The van der Waals surface area contributed by atoms with Crippen LogP contribution in [0.5, 0.6) is 0 Å². The van der Waals surface area contributed by atoms with E-state index in [9.17, 15) is 0 Å². The van der Waals surface area contributed by atoms with Gasteiger partial charge in [0.25, 0.3) is 0 Å². The van der Waals surface area contributed by atoms with Gasteiger partial charge in [-0.25, -0.2) is 0 Å². The van der Waals surface area contributed by atoms with Crippen molar-refractivity contribution in [2.24, 2.45) is 5.73 Å². The molecule has 4 heteroatoms. The van der Waals surface area contributed by atoms with E-state index in [1.54, 1.807) is 0 Å². The van der Waals surface area contributed by atoms with Gasteiger partial charge in [0, 0.05) is 23.9 Å². The topological polar surface area (TPSA) is 61.3 Å². The van der Waals surface area contributed by atoms with E-state index in [-0.39, 0.29) is 6.04 Å². The van der Waals surface area contributed by atoms with E-state index < -0.39 is 0 Å². The third-order valence-corrected chi connectivity index (χ3v) is 3.54. The molecule has 1 fully saturated rings. The van der Waals surface area contributed by atoms with Gasteiger partial charge in [-0.3, -0.25) is 0 Å². The summed E-state index contributed by atoms with van der Waals surface area (Å²) in [6, 6.07) is 0.240. The molecule has 0 saturated heterocycles. The highest BCUT2D eigenvalue weighted by molar-refractivity contribution is 5.28. The number of ether oxygens (including phenoxy) is 1. The Bertz CT molecular complexity index is 361. The molecule has 3 rings (SSSR count). The predicted octanol–water partition coefficient (Wildman–Crippen LogP) is 1.34. The Hall–Kier alpha value is -0.870. The van der Waals surface area contributed by atoms with Crippen LogP contribution in [0.3, 0.4) is 0 Å². The second-order valence-corrected chi connectivity index (χ2v) is 4.48. The number of aromatic nitrogens is 1. The van der Waals surface area contributed by atoms with Gasteiger partial charge in [-0.15, -0.1) is 0 Å². The van der Waals surface area contributed by atoms with E-state index in [4.69, 9.17) is 15.0 Å². The fraction of sp³-hybridized carbons (Fsp3) is 0.727. The highest BCUT2D eigenvalue weighted by Gasteiger charge is 2.33. The average Bonchev–Trinajstić information content (AvgIpc) is 2.83. The minimum absolute atomic E-state index is 0.240. The first-order chi connectivity index (χ1) is 7.36. The molecule has 1 aromatic heterocycles. The van der Waals surface area contributed by atoms with Gasteiger partial charge in [0.1, 0.15) is 5.76 Å². The average molecular weight is 208 g/mol. The molecule has 1 aliphatic carbocycles. The molecule has 0 amide bonds. The number of fused-ring (bicyclic) bond motifs is 1. The maximum Gasteiger partial charge on any atom is 0.147 e. The fourth-order valence-electron chi connectivity index (χ4n) is 2.66. The van der Waals surface area contributed by atoms with Crippen LogP contribution in [-0.2, 0) is 17.8 Å². The standard InChI is InChI=1S/C11H16N2O2/c12-9-3-1-2-7(9)11-8-6-14-5-4-10(8)13-15-11/h7,9H,1-6,12H2. The smallest absolute Gasteiger partial charge is 0.147 e. The van der Waals surface area contributed by atoms with Gasteiger partial charge in [-0.2, -0.15) is 0 Å². The third-order valence-electron chi connectivity index (χ3n) is 3.54. The van der Waals surface area contributed by atoms with Crippen molar-refractivity contribution in [3.8, 4) is 0 Å². The van der Waals surface area contributed by atoms with Crippen LogP contribution < -0.4 is 5.73 Å². The van der Waals surface area contributed by atoms with Crippen molar-refractivity contribution in [2.45, 2.75) is 44.2 Å². The van der Waals surface area contributed by atoms with Crippen LogP contribution in [0.2, 0.25) is 0 Å². The lowest BCUT2D eigenvalue weighted by Crippen LogP contribution is -2.23. The molecule has 1 aliphatic heterocycles. The number of rotatable bonds is 1. The number of nitrogens with zero attached hydrogens (tertiary/aromatic N) is 1. The van der Waals surface area contributed by atoms with E-state index in [0.29, 0.717) is 12.5 Å². The van der Waals surface area contributed by atoms with Crippen molar-refractivity contribution >= 4 is 0 Å². The van der Waals surface area contributed by atoms with Gasteiger partial charge in [-0.1, -0.05) is 11.6 Å². The van der Waals surface area contributed by atoms with Crippen molar-refractivity contribution in [1.82, 2.24) is 5.16 Å². The third kappa shape index (κ3) is 1.48. The SMILES string of the molecule is NC1CCCC1c1onc2c1COCC2. The van der Waals surface area contributed by atoms with Gasteiger partial charge in [0.2, 0.25) is 0 Å². The zero-order valence-corrected chi connectivity index (χ0v) is 8.74. The fourth-order valence-corrected chi connectivity index (χ4v) is 2.66. The zero-order valence-electron chi connectivity index (χ0n) is 8.74. The molecular formula is C11H16N2O2. The van der Waals surface area contributed by atoms with Gasteiger partial charge in [0.15, 0.2) is 0 Å². The highest BCUT2D eigenvalue weighted by atomic mass is 16.5. The molecule has 2 N–H and O–H groups in total. The summed E-state index contributed by atoms with van der Waals surface area (Å²) in [5.41, 5.74) is 8.32. The van der Waals surface area contributed by atoms with Crippen LogP contribution >= 0.6 is 0 Å². The molecule has 1 aromatic rings. The van der Waals surface area contributed by atoms with Gasteiger partial charge < -0.3 is 15.0 Å². The molecule has 0 radical (unpaired) electrons. The van der Waals surface area contributed by atoms with Crippen LogP contribution in [0, 0.1) is 0 Å². The quantitative estimate of drug-likeness (QED) is 0.756. The van der Waals surface area contributed by atoms with E-state index in [0.717, 1.165) is 37.3 Å². The first-order valence-electron chi connectivity index (χ1n) is 5.67. The predicted molar refractivity (Wildman–Crippen MR) is 54.4 cm³/mol. The normalized spacial score (nSPS) is 30.5. The molecular weight excluding hydrogens is 192 g/mol. The second kappa shape index (κ2) is 3.61. The molecule has 15 heavy (non-hydrogen) atoms. The van der Waals surface area contributed by atoms with Crippen LogP contribution in [0.15, 0.2) is 4.52 Å². The lowest BCUT2D eigenvalue weighted by atomic mass is 9.96. The Morgan fingerprint density at radius 3 is 3.07 bits per heavy atom. The molecule has 2 atom stereocenters. The molecule has 2 aliphatic rings. The van der Waals surface area contributed by atoms with Crippen LogP contribution in [-0.4, -0.2) is 17.8 Å². The highest BCUT2D eigenvalue weighted by Crippen LogP contribution is 2.37. The molecule has 2 heterocycles. The van der Waals surface area contributed by atoms with Crippen molar-refractivity contribution < 1.29 is 9.26 Å². The summed E-state index contributed by atoms with van der Waals surface area (Å²) >= 11 is 0. The van der Waals surface area contributed by atoms with Crippen LogP contribution in [0.1, 0.15) is 42.2 Å². The van der Waals surface area contributed by atoms with Gasteiger partial charge in [0.05, 0.1) is 18.9 Å². The lowest BCUT2D eigenvalue weighted by molar-refractivity contribution is 0.109. The molecule has 1 saturated carbocycles. The minimum Gasteiger partial charge on any atom is -0.376 e. The maximum atomic E-state index is 6.07. The zero-order chi connectivity index (χ0) is 10.3. The van der Waals surface area contributed by atoms with E-state index in [2.05, 4.69) is 5.16 Å². The molecule has 0 spiro atoms. The van der Waals surface area contributed by atoms with Crippen molar-refractivity contribution in [2.75, 3.05) is 6.61 Å². The summed E-state index contributed by atoms with van der Waals surface area (Å²) in [5, 5.41) is 4.13. The Kier molecular flexibility index (Phi) is 2.25. The molecule has 82 valence electrons. The molecule has 0 bridgehead atoms. The van der Waals surface area contributed by atoms with Gasteiger partial charge >= 0.3 is 0 Å². The molecule has 0 aromatic carbocycles. The van der Waals surface area contributed by atoms with E-state index in [1.165, 1.54) is 12.0 Å². The Balaban J connectivity index is 1.94. The summed E-state index contributed by atoms with van der Waals surface area (Å²) in [6.07, 6.45) is 4.30. The minimum atomic E-state index is 0.240. The summed E-state index contributed by atoms with van der Waals surface area (Å²) in [4.78, 5) is 0. The van der Waals surface area contributed by atoms with Crippen molar-refractivity contribution in [3.63, 3.8) is 0 Å². The monoisotopic (exact) mass is 208 g/mol. The summed E-state index contributed by atoms with van der Waals surface area (Å²) in [5.74, 6) is 1.36. The Labute approximate surface area is 88.8 Å². The summed E-state index contributed by atoms with van der Waals surface area (Å²) in [7, 11) is 0. The first-order valence-corrected chi connectivity index (χ1v) is 5.67. The Morgan fingerprint density at radius 2 is 2.27 bits per heavy atom. The molecule has 2 unspecified atom stereocenters. The van der Waals surface area contributed by atoms with Crippen molar-refractivity contribution in [3.05, 3.63) is 17.0 Å². The second-order valence-electron chi connectivity index (χ2n) is 4.48. The number of nitrogens with two attached hydrogens (primary N) is 1. The number of hydrogen-bond donors (Lipinski definition) is 1. The maximum absolute atomic E-state index is 6.07. The first kappa shape index (κ1) is 9.36. The summed E-state index contributed by atoms with van der Waals surface area (Å²) < 4.78 is 10.9. The number of hydrogen-bond acceptors (Lipinski definition) is 4. The lowest BCUT2D eigenvalue weighted by Gasteiger charge is -2.16. The largest absolute Gasteiger partial charge is 0.376 e. The van der Waals surface area contributed by atoms with E-state index >= 15 is 0 Å². The van der Waals surface area contributed by atoms with Crippen LogP contribution in [0.4, 0.5) is 0 Å². The Morgan fingerprint density at radius 1 is 1.33 bits per heavy atom.